The van der Waals surface area contributed by atoms with Crippen molar-refractivity contribution < 1.29 is 9.21 Å². The van der Waals surface area contributed by atoms with Gasteiger partial charge in [0.2, 0.25) is 5.91 Å². The number of nitrogens with zero attached hydrogens (tertiary/aromatic N) is 1. The molecule has 4 nitrogen and oxygen atoms in total. The monoisotopic (exact) mass is 404 g/mol. The Balaban J connectivity index is 1.79. The Kier molecular flexibility index (Phi) is 7.47. The number of benzene rings is 2. The first kappa shape index (κ1) is 21.8. The van der Waals surface area contributed by atoms with E-state index in [4.69, 9.17) is 4.42 Å². The first-order valence-electron chi connectivity index (χ1n) is 10.7. The molecule has 0 saturated heterocycles. The molecule has 0 atom stereocenters. The summed E-state index contributed by atoms with van der Waals surface area (Å²) >= 11 is 0. The number of carbonyl (C=O) groups is 1. The average Bonchev–Trinajstić information content (AvgIpc) is 3.21. The molecule has 1 amide bonds. The minimum Gasteiger partial charge on any atom is -0.468 e. The van der Waals surface area contributed by atoms with Gasteiger partial charge in [-0.3, -0.25) is 9.69 Å². The number of para-hydroxylation sites is 1. The van der Waals surface area contributed by atoms with Crippen molar-refractivity contribution >= 4 is 11.6 Å². The van der Waals surface area contributed by atoms with Gasteiger partial charge in [0.25, 0.3) is 0 Å². The lowest BCUT2D eigenvalue weighted by Gasteiger charge is -2.23. The van der Waals surface area contributed by atoms with Crippen LogP contribution in [0, 0.1) is 0 Å². The quantitative estimate of drug-likeness (QED) is 0.464. The molecule has 0 saturated carbocycles. The van der Waals surface area contributed by atoms with Crippen LogP contribution in [-0.4, -0.2) is 17.4 Å². The third-order valence-corrected chi connectivity index (χ3v) is 5.21. The molecular formula is C26H32N2O2. The number of nitrogens with one attached hydrogen (secondary N) is 1. The van der Waals surface area contributed by atoms with Gasteiger partial charge in [0.15, 0.2) is 0 Å². The topological polar surface area (TPSA) is 45.5 Å². The van der Waals surface area contributed by atoms with Crippen LogP contribution in [0.2, 0.25) is 0 Å². The van der Waals surface area contributed by atoms with E-state index in [1.165, 1.54) is 16.7 Å². The highest BCUT2D eigenvalue weighted by Crippen LogP contribution is 2.32. The van der Waals surface area contributed by atoms with Gasteiger partial charge >= 0.3 is 0 Å². The van der Waals surface area contributed by atoms with Crippen LogP contribution >= 0.6 is 0 Å². The van der Waals surface area contributed by atoms with Crippen LogP contribution in [0.25, 0.3) is 0 Å². The van der Waals surface area contributed by atoms with Crippen molar-refractivity contribution in [1.82, 2.24) is 4.90 Å². The minimum absolute atomic E-state index is 0.00696. The van der Waals surface area contributed by atoms with E-state index in [1.807, 2.05) is 30.3 Å². The Morgan fingerprint density at radius 1 is 0.867 bits per heavy atom. The predicted octanol–water partition coefficient (Wildman–Crippen LogP) is 6.17. The third-order valence-electron chi connectivity index (χ3n) is 5.21. The summed E-state index contributed by atoms with van der Waals surface area (Å²) in [5, 5.41) is 3.23. The molecule has 3 rings (SSSR count). The molecule has 0 aliphatic rings. The van der Waals surface area contributed by atoms with E-state index in [0.29, 0.717) is 31.5 Å². The zero-order valence-corrected chi connectivity index (χ0v) is 18.4. The van der Waals surface area contributed by atoms with E-state index in [2.05, 4.69) is 68.2 Å². The van der Waals surface area contributed by atoms with Crippen molar-refractivity contribution in [1.29, 1.82) is 0 Å². The fourth-order valence-corrected chi connectivity index (χ4v) is 3.71. The van der Waals surface area contributed by atoms with Crippen LogP contribution in [0.5, 0.6) is 0 Å². The lowest BCUT2D eigenvalue weighted by Crippen LogP contribution is -2.33. The highest BCUT2D eigenvalue weighted by Gasteiger charge is 2.18. The van der Waals surface area contributed by atoms with Crippen molar-refractivity contribution in [3.05, 3.63) is 89.4 Å². The summed E-state index contributed by atoms with van der Waals surface area (Å²) in [5.74, 6) is 1.52. The van der Waals surface area contributed by atoms with Crippen molar-refractivity contribution in [2.45, 2.75) is 52.6 Å². The van der Waals surface area contributed by atoms with Crippen LogP contribution in [0.15, 0.2) is 71.3 Å². The van der Waals surface area contributed by atoms with E-state index >= 15 is 0 Å². The van der Waals surface area contributed by atoms with Gasteiger partial charge in [-0.05, 0) is 40.7 Å². The molecule has 1 heterocycles. The predicted molar refractivity (Wildman–Crippen MR) is 123 cm³/mol. The molecule has 2 aromatic carbocycles. The Morgan fingerprint density at radius 2 is 1.53 bits per heavy atom. The minimum atomic E-state index is -0.00696. The van der Waals surface area contributed by atoms with Gasteiger partial charge in [0.05, 0.1) is 19.4 Å². The van der Waals surface area contributed by atoms with Crippen LogP contribution in [0.1, 0.15) is 62.0 Å². The first-order chi connectivity index (χ1) is 14.4. The third kappa shape index (κ3) is 5.83. The molecule has 30 heavy (non-hydrogen) atoms. The summed E-state index contributed by atoms with van der Waals surface area (Å²) in [6.45, 7) is 10.2. The molecular weight excluding hydrogens is 372 g/mol. The largest absolute Gasteiger partial charge is 0.468 e. The average molecular weight is 405 g/mol. The van der Waals surface area contributed by atoms with Crippen molar-refractivity contribution in [3.63, 3.8) is 0 Å². The lowest BCUT2D eigenvalue weighted by atomic mass is 9.92. The molecule has 4 heteroatoms. The molecule has 0 aliphatic heterocycles. The summed E-state index contributed by atoms with van der Waals surface area (Å²) < 4.78 is 5.53. The van der Waals surface area contributed by atoms with Crippen molar-refractivity contribution in [2.75, 3.05) is 11.9 Å². The fourth-order valence-electron chi connectivity index (χ4n) is 3.71. The molecule has 158 valence electrons. The molecule has 0 bridgehead atoms. The molecule has 0 aliphatic carbocycles. The highest BCUT2D eigenvalue weighted by atomic mass is 16.3. The van der Waals surface area contributed by atoms with Gasteiger partial charge in [-0.15, -0.1) is 0 Å². The summed E-state index contributed by atoms with van der Waals surface area (Å²) in [5.41, 5.74) is 4.48. The zero-order chi connectivity index (χ0) is 21.5. The van der Waals surface area contributed by atoms with Gasteiger partial charge in [-0.2, -0.15) is 0 Å². The number of anilines is 1. The molecule has 0 fully saturated rings. The second kappa shape index (κ2) is 10.3. The maximum absolute atomic E-state index is 13.1. The van der Waals surface area contributed by atoms with Crippen molar-refractivity contribution in [2.24, 2.45) is 0 Å². The Bertz CT molecular complexity index is 905. The Morgan fingerprint density at radius 3 is 2.10 bits per heavy atom. The number of carbonyl (C=O) groups excluding carboxylic acids is 1. The highest BCUT2D eigenvalue weighted by molar-refractivity contribution is 5.94. The summed E-state index contributed by atoms with van der Waals surface area (Å²) in [4.78, 5) is 15.2. The van der Waals surface area contributed by atoms with E-state index in [0.717, 1.165) is 11.4 Å². The number of hydrogen-bond donors (Lipinski definition) is 1. The summed E-state index contributed by atoms with van der Waals surface area (Å²) in [7, 11) is 0. The second-order valence-electron chi connectivity index (χ2n) is 8.38. The Labute approximate surface area is 179 Å². The van der Waals surface area contributed by atoms with Gasteiger partial charge in [0.1, 0.15) is 5.76 Å². The molecule has 0 unspecified atom stereocenters. The van der Waals surface area contributed by atoms with Crippen LogP contribution in [-0.2, 0) is 17.9 Å². The molecule has 1 N–H and O–H groups in total. The van der Waals surface area contributed by atoms with Gasteiger partial charge in [0, 0.05) is 12.2 Å². The number of furan rings is 1. The number of hydrogen-bond acceptors (Lipinski definition) is 3. The SMILES string of the molecule is CC(C)c1cccc(C(C)C)c1NC(=O)CN(Cc1ccccc1)Cc1ccco1. The lowest BCUT2D eigenvalue weighted by molar-refractivity contribution is -0.117. The number of rotatable bonds is 9. The van der Waals surface area contributed by atoms with Gasteiger partial charge in [-0.25, -0.2) is 0 Å². The summed E-state index contributed by atoms with van der Waals surface area (Å²) in [6.07, 6.45) is 1.67. The van der Waals surface area contributed by atoms with Crippen LogP contribution in [0.4, 0.5) is 5.69 Å². The molecule has 0 spiro atoms. The van der Waals surface area contributed by atoms with Crippen LogP contribution < -0.4 is 5.32 Å². The smallest absolute Gasteiger partial charge is 0.238 e. The fraction of sp³-hybridized carbons (Fsp3) is 0.346. The van der Waals surface area contributed by atoms with E-state index in [-0.39, 0.29) is 5.91 Å². The maximum Gasteiger partial charge on any atom is 0.238 e. The van der Waals surface area contributed by atoms with E-state index in [9.17, 15) is 4.79 Å². The summed E-state index contributed by atoms with van der Waals surface area (Å²) in [6, 6.07) is 20.3. The second-order valence-corrected chi connectivity index (χ2v) is 8.38. The number of amides is 1. The van der Waals surface area contributed by atoms with E-state index < -0.39 is 0 Å². The van der Waals surface area contributed by atoms with Crippen LogP contribution in [0.3, 0.4) is 0 Å². The zero-order valence-electron chi connectivity index (χ0n) is 18.4. The standard InChI is InChI=1S/C26H32N2O2/c1-19(2)23-13-8-14-24(20(3)4)26(23)27-25(29)18-28(17-22-12-9-15-30-22)16-21-10-6-5-7-11-21/h5-15,19-20H,16-18H2,1-4H3,(H,27,29). The maximum atomic E-state index is 13.1. The van der Waals surface area contributed by atoms with Gasteiger partial charge < -0.3 is 9.73 Å². The Hall–Kier alpha value is -2.85. The van der Waals surface area contributed by atoms with Crippen molar-refractivity contribution in [3.8, 4) is 0 Å². The first-order valence-corrected chi connectivity index (χ1v) is 10.7. The molecule has 3 aromatic rings. The van der Waals surface area contributed by atoms with E-state index in [1.54, 1.807) is 6.26 Å². The van der Waals surface area contributed by atoms with Gasteiger partial charge in [-0.1, -0.05) is 76.2 Å². The normalized spacial score (nSPS) is 11.4. The molecule has 0 radical (unpaired) electrons. The molecule has 1 aromatic heterocycles.